The van der Waals surface area contributed by atoms with Gasteiger partial charge in [0.2, 0.25) is 5.75 Å². The van der Waals surface area contributed by atoms with Gasteiger partial charge in [-0.1, -0.05) is 12.1 Å². The van der Waals surface area contributed by atoms with Crippen molar-refractivity contribution in [2.24, 2.45) is 0 Å². The molecule has 0 N–H and O–H groups in total. The Morgan fingerprint density at radius 1 is 0.686 bits per heavy atom. The lowest BCUT2D eigenvalue weighted by molar-refractivity contribution is 0.201. The Morgan fingerprint density at radius 3 is 1.88 bits per heavy atom. The first kappa shape index (κ1) is 41.1. The van der Waals surface area contributed by atoms with Gasteiger partial charge in [0, 0.05) is 61.4 Å². The number of hydrogen-bond donors (Lipinski definition) is 0. The van der Waals surface area contributed by atoms with E-state index in [1.165, 1.54) is 17.7 Å². The number of benzene rings is 3. The van der Waals surface area contributed by atoms with Crippen LogP contribution in [-0.4, -0.2) is 62.4 Å². The summed E-state index contributed by atoms with van der Waals surface area (Å²) in [6, 6.07) is 27.4. The van der Waals surface area contributed by atoms with Crippen LogP contribution in [0.5, 0.6) is 23.0 Å². The highest BCUT2D eigenvalue weighted by Crippen LogP contribution is 2.41. The Hall–Kier alpha value is -4.28. The monoisotopic (exact) mass is 756 g/mol. The molecule has 0 unspecified atom stereocenters. The third-order valence-corrected chi connectivity index (χ3v) is 8.89. The van der Waals surface area contributed by atoms with Gasteiger partial charge in [0.15, 0.2) is 11.5 Å². The van der Waals surface area contributed by atoms with E-state index < -0.39 is 0 Å². The van der Waals surface area contributed by atoms with Crippen molar-refractivity contribution < 1.29 is 23.3 Å². The molecule has 6 rings (SSSR count). The lowest BCUT2D eigenvalue weighted by Gasteiger charge is -2.40. The van der Waals surface area contributed by atoms with E-state index in [1.54, 1.807) is 34.5 Å². The fraction of sp³-hybridized carbons (Fsp3) is 0.282. The molecular formula is C39H44Cl3FN4O4. The average molecular weight is 758 g/mol. The van der Waals surface area contributed by atoms with E-state index >= 15 is 0 Å². The lowest BCUT2D eigenvalue weighted by atomic mass is 10.00. The number of pyridine rings is 2. The van der Waals surface area contributed by atoms with Gasteiger partial charge in [-0.15, -0.1) is 37.2 Å². The minimum atomic E-state index is -0.257. The predicted octanol–water partition coefficient (Wildman–Crippen LogP) is 8.92. The van der Waals surface area contributed by atoms with E-state index in [9.17, 15) is 4.39 Å². The van der Waals surface area contributed by atoms with Crippen LogP contribution in [0.1, 0.15) is 24.0 Å². The fourth-order valence-electron chi connectivity index (χ4n) is 6.39. The first-order chi connectivity index (χ1) is 23.5. The van der Waals surface area contributed by atoms with Crippen LogP contribution in [0.3, 0.4) is 0 Å². The van der Waals surface area contributed by atoms with E-state index in [0.29, 0.717) is 23.3 Å². The number of hydrogen-bond acceptors (Lipinski definition) is 8. The second kappa shape index (κ2) is 19.4. The minimum Gasteiger partial charge on any atom is -0.497 e. The van der Waals surface area contributed by atoms with Crippen LogP contribution in [0.15, 0.2) is 97.3 Å². The molecule has 0 aliphatic carbocycles. The molecule has 3 aromatic carbocycles. The van der Waals surface area contributed by atoms with Gasteiger partial charge in [-0.3, -0.25) is 14.9 Å². The first-order valence-electron chi connectivity index (χ1n) is 16.1. The fourth-order valence-corrected chi connectivity index (χ4v) is 6.39. The third kappa shape index (κ3) is 9.95. The van der Waals surface area contributed by atoms with Crippen LogP contribution < -0.4 is 23.8 Å². The van der Waals surface area contributed by atoms with Crippen LogP contribution in [0, 0.1) is 5.82 Å². The molecule has 12 heteroatoms. The highest BCUT2D eigenvalue weighted by Gasteiger charge is 2.26. The van der Waals surface area contributed by atoms with Gasteiger partial charge in [0.05, 0.1) is 39.8 Å². The highest BCUT2D eigenvalue weighted by molar-refractivity contribution is 5.86. The second-order valence-corrected chi connectivity index (χ2v) is 11.9. The summed E-state index contributed by atoms with van der Waals surface area (Å²) < 4.78 is 36.0. The lowest BCUT2D eigenvalue weighted by Crippen LogP contribution is -2.44. The number of nitrogens with zero attached hydrogens (tertiary/aromatic N) is 4. The van der Waals surface area contributed by atoms with Crippen molar-refractivity contribution in [2.75, 3.05) is 46.4 Å². The van der Waals surface area contributed by atoms with Gasteiger partial charge in [-0.2, -0.15) is 0 Å². The van der Waals surface area contributed by atoms with Gasteiger partial charge in [0.1, 0.15) is 11.6 Å². The maximum atomic E-state index is 13.8. The zero-order valence-electron chi connectivity index (χ0n) is 29.1. The molecule has 1 saturated heterocycles. The molecule has 1 fully saturated rings. The normalized spacial score (nSPS) is 12.8. The number of halogens is 4. The summed E-state index contributed by atoms with van der Waals surface area (Å²) in [6.07, 6.45) is 5.70. The molecule has 0 radical (unpaired) electrons. The zero-order valence-corrected chi connectivity index (χ0v) is 31.5. The van der Waals surface area contributed by atoms with Crippen LogP contribution in [0.4, 0.5) is 10.1 Å². The van der Waals surface area contributed by atoms with Crippen LogP contribution in [0.2, 0.25) is 0 Å². The van der Waals surface area contributed by atoms with Gasteiger partial charge in [-0.25, -0.2) is 4.39 Å². The molecule has 1 aliphatic heterocycles. The van der Waals surface area contributed by atoms with Crippen molar-refractivity contribution in [3.8, 4) is 45.5 Å². The van der Waals surface area contributed by atoms with Crippen LogP contribution in [0.25, 0.3) is 22.5 Å². The molecule has 0 atom stereocenters. The van der Waals surface area contributed by atoms with Crippen LogP contribution >= 0.6 is 37.2 Å². The summed E-state index contributed by atoms with van der Waals surface area (Å²) in [7, 11) is 6.52. The number of rotatable bonds is 12. The van der Waals surface area contributed by atoms with Crippen LogP contribution in [-0.2, 0) is 13.1 Å². The van der Waals surface area contributed by atoms with E-state index in [2.05, 4.69) is 45.1 Å². The summed E-state index contributed by atoms with van der Waals surface area (Å²) in [5, 5.41) is 0. The summed E-state index contributed by atoms with van der Waals surface area (Å²) >= 11 is 0. The number of likely N-dealkylation sites (tertiary alicyclic amines) is 1. The topological polar surface area (TPSA) is 69.2 Å². The van der Waals surface area contributed by atoms with Gasteiger partial charge in [-0.05, 0) is 96.8 Å². The molecule has 0 saturated carbocycles. The summed E-state index contributed by atoms with van der Waals surface area (Å²) in [4.78, 5) is 14.2. The molecule has 2 aromatic heterocycles. The number of anilines is 1. The standard InChI is InChI=1S/C39H41FN4O4.3ClH/c1-45-34-10-8-32(9-11-34)44(26-28-13-17-42-36(21-28)30-23-37(46-2)39(48-4)38(24-30)47-3)33-14-18-43(19-15-33)25-27-12-16-41-35(20-27)29-6-5-7-31(40)22-29;;;/h5-13,16-17,20-24,33H,14-15,18-19,25-26H2,1-4H3;3*1H. The van der Waals surface area contributed by atoms with E-state index in [4.69, 9.17) is 23.9 Å². The summed E-state index contributed by atoms with van der Waals surface area (Å²) in [6.45, 7) is 3.46. The molecule has 5 aromatic rings. The van der Waals surface area contributed by atoms with Gasteiger partial charge >= 0.3 is 0 Å². The van der Waals surface area contributed by atoms with E-state index in [-0.39, 0.29) is 43.0 Å². The Morgan fingerprint density at radius 2 is 1.29 bits per heavy atom. The van der Waals surface area contributed by atoms with Crippen molar-refractivity contribution in [1.29, 1.82) is 0 Å². The smallest absolute Gasteiger partial charge is 0.203 e. The maximum Gasteiger partial charge on any atom is 0.203 e. The van der Waals surface area contributed by atoms with Gasteiger partial charge in [0.25, 0.3) is 0 Å². The highest BCUT2D eigenvalue weighted by atomic mass is 35.5. The Balaban J connectivity index is 0.00000234. The van der Waals surface area contributed by atoms with Gasteiger partial charge < -0.3 is 23.8 Å². The molecule has 8 nitrogen and oxygen atoms in total. The third-order valence-electron chi connectivity index (χ3n) is 8.89. The van der Waals surface area contributed by atoms with Crippen molar-refractivity contribution in [1.82, 2.24) is 14.9 Å². The molecule has 272 valence electrons. The van der Waals surface area contributed by atoms with E-state index in [1.807, 2.05) is 48.8 Å². The summed E-state index contributed by atoms with van der Waals surface area (Å²) in [5.74, 6) is 2.29. The Labute approximate surface area is 318 Å². The molecule has 3 heterocycles. The molecule has 0 amide bonds. The zero-order chi connectivity index (χ0) is 33.5. The summed E-state index contributed by atoms with van der Waals surface area (Å²) in [5.41, 5.74) is 6.75. The maximum absolute atomic E-state index is 13.8. The molecular weight excluding hydrogens is 714 g/mol. The van der Waals surface area contributed by atoms with Crippen molar-refractivity contribution in [3.05, 3.63) is 114 Å². The second-order valence-electron chi connectivity index (χ2n) is 11.9. The molecule has 0 bridgehead atoms. The predicted molar refractivity (Wildman–Crippen MR) is 208 cm³/mol. The molecule has 51 heavy (non-hydrogen) atoms. The number of aromatic nitrogens is 2. The van der Waals surface area contributed by atoms with Crippen molar-refractivity contribution in [3.63, 3.8) is 0 Å². The van der Waals surface area contributed by atoms with E-state index in [0.717, 1.165) is 78.5 Å². The first-order valence-corrected chi connectivity index (χ1v) is 16.1. The Bertz CT molecular complexity index is 1820. The number of methoxy groups -OCH3 is 4. The van der Waals surface area contributed by atoms with Crippen molar-refractivity contribution in [2.45, 2.75) is 32.0 Å². The Kier molecular flexibility index (Phi) is 15.6. The SMILES string of the molecule is COc1ccc(N(Cc2ccnc(-c3cc(OC)c(OC)c(OC)c3)c2)C2CCN(Cc3ccnc(-c4cccc(F)c4)c3)CC2)cc1.Cl.Cl.Cl. The molecule has 0 spiro atoms. The average Bonchev–Trinajstić information content (AvgIpc) is 3.14. The number of piperidine rings is 1. The van der Waals surface area contributed by atoms with Crippen molar-refractivity contribution >= 4 is 42.9 Å². The largest absolute Gasteiger partial charge is 0.497 e. The quantitative estimate of drug-likeness (QED) is 0.125. The number of ether oxygens (including phenoxy) is 4. The molecule has 1 aliphatic rings. The minimum absolute atomic E-state index is 0.